The quantitative estimate of drug-likeness (QED) is 0.533. The molecule has 0 bridgehead atoms. The predicted octanol–water partition coefficient (Wildman–Crippen LogP) is 4.93. The molecule has 0 aromatic heterocycles. The Labute approximate surface area is 200 Å². The Morgan fingerprint density at radius 1 is 1.12 bits per heavy atom. The van der Waals surface area contributed by atoms with Gasteiger partial charge in [-0.05, 0) is 55.2 Å². The highest BCUT2D eigenvalue weighted by Crippen LogP contribution is 2.20. The molecule has 1 saturated carbocycles. The van der Waals surface area contributed by atoms with E-state index in [1.54, 1.807) is 31.1 Å². The smallest absolute Gasteiger partial charge is 0.242 e. The van der Waals surface area contributed by atoms with E-state index >= 15 is 0 Å². The molecule has 1 aliphatic carbocycles. The fourth-order valence-corrected chi connectivity index (χ4v) is 4.91. The summed E-state index contributed by atoms with van der Waals surface area (Å²) in [5, 5.41) is 3.15. The van der Waals surface area contributed by atoms with Gasteiger partial charge in [-0.25, -0.2) is 4.39 Å². The second-order valence-electron chi connectivity index (χ2n) is 8.51. The number of nitrogens with one attached hydrogen (secondary N) is 1. The number of thioether (sulfide) groups is 1. The molecule has 5 nitrogen and oxygen atoms in total. The minimum atomic E-state index is -0.586. The number of amides is 2. The van der Waals surface area contributed by atoms with Crippen LogP contribution in [0, 0.1) is 5.82 Å². The van der Waals surface area contributed by atoms with E-state index < -0.39 is 6.04 Å². The van der Waals surface area contributed by atoms with Gasteiger partial charge in [-0.1, -0.05) is 43.5 Å². The summed E-state index contributed by atoms with van der Waals surface area (Å²) in [4.78, 5) is 27.9. The third kappa shape index (κ3) is 7.77. The maximum Gasteiger partial charge on any atom is 0.242 e. The van der Waals surface area contributed by atoms with Crippen molar-refractivity contribution in [2.24, 2.45) is 0 Å². The number of benzene rings is 2. The van der Waals surface area contributed by atoms with Crippen LogP contribution >= 0.6 is 11.8 Å². The van der Waals surface area contributed by atoms with Crippen LogP contribution in [0.5, 0.6) is 5.75 Å². The van der Waals surface area contributed by atoms with Crippen LogP contribution in [0.25, 0.3) is 0 Å². The van der Waals surface area contributed by atoms with Crippen LogP contribution in [0.1, 0.15) is 50.2 Å². The minimum Gasteiger partial charge on any atom is -0.497 e. The molecule has 0 saturated heterocycles. The van der Waals surface area contributed by atoms with E-state index in [0.717, 1.165) is 36.8 Å². The van der Waals surface area contributed by atoms with Crippen LogP contribution in [0.3, 0.4) is 0 Å². The van der Waals surface area contributed by atoms with Gasteiger partial charge in [-0.15, -0.1) is 11.8 Å². The maximum absolute atomic E-state index is 13.2. The van der Waals surface area contributed by atoms with Gasteiger partial charge in [0.15, 0.2) is 0 Å². The Hall–Kier alpha value is -2.54. The number of methoxy groups -OCH3 is 1. The third-order valence-electron chi connectivity index (χ3n) is 6.01. The highest BCUT2D eigenvalue weighted by molar-refractivity contribution is 7.99. The zero-order chi connectivity index (χ0) is 23.6. The number of nitrogens with zero attached hydrogens (tertiary/aromatic N) is 1. The minimum absolute atomic E-state index is 0.101. The lowest BCUT2D eigenvalue weighted by atomic mass is 9.95. The summed E-state index contributed by atoms with van der Waals surface area (Å²) in [5.41, 5.74) is 1.86. The topological polar surface area (TPSA) is 58.6 Å². The number of carbonyl (C=O) groups is 2. The number of rotatable bonds is 10. The van der Waals surface area contributed by atoms with Crippen LogP contribution in [0.4, 0.5) is 4.39 Å². The molecule has 2 aromatic rings. The number of carbonyl (C=O) groups excluding carboxylic acids is 2. The van der Waals surface area contributed by atoms with E-state index in [0.29, 0.717) is 18.0 Å². The molecule has 7 heteroatoms. The molecule has 3 rings (SSSR count). The van der Waals surface area contributed by atoms with Crippen LogP contribution in [0.15, 0.2) is 48.5 Å². The first-order valence-electron chi connectivity index (χ1n) is 11.5. The molecule has 1 atom stereocenters. The van der Waals surface area contributed by atoms with Crippen LogP contribution in [-0.2, 0) is 21.9 Å². The standard InChI is InChI=1S/C26H33FN2O3S/c1-19(26(31)28-23-8-4-3-5-9-23)29(16-21-7-6-10-24(15-21)32-2)25(30)18-33-17-20-11-13-22(27)14-12-20/h6-7,10-15,19,23H,3-5,8-9,16-18H2,1-2H3,(H,28,31)/t19-/m1/s1. The van der Waals surface area contributed by atoms with E-state index in [4.69, 9.17) is 4.74 Å². The monoisotopic (exact) mass is 472 g/mol. The third-order valence-corrected chi connectivity index (χ3v) is 7.00. The van der Waals surface area contributed by atoms with E-state index in [-0.39, 0.29) is 29.4 Å². The first kappa shape index (κ1) is 25.1. The number of halogens is 1. The van der Waals surface area contributed by atoms with Gasteiger partial charge in [0.25, 0.3) is 0 Å². The summed E-state index contributed by atoms with van der Waals surface area (Å²) in [6.45, 7) is 2.12. The summed E-state index contributed by atoms with van der Waals surface area (Å²) in [6, 6.07) is 13.4. The average molecular weight is 473 g/mol. The van der Waals surface area contributed by atoms with Crippen molar-refractivity contribution in [3.63, 3.8) is 0 Å². The maximum atomic E-state index is 13.2. The van der Waals surface area contributed by atoms with Gasteiger partial charge in [0, 0.05) is 18.3 Å². The summed E-state index contributed by atoms with van der Waals surface area (Å²) >= 11 is 1.46. The van der Waals surface area contributed by atoms with Gasteiger partial charge >= 0.3 is 0 Å². The second-order valence-corrected chi connectivity index (χ2v) is 9.50. The first-order chi connectivity index (χ1) is 16.0. The van der Waals surface area contributed by atoms with Crippen LogP contribution in [-0.4, -0.2) is 41.7 Å². The Balaban J connectivity index is 1.66. The number of hydrogen-bond donors (Lipinski definition) is 1. The van der Waals surface area contributed by atoms with Crippen molar-refractivity contribution in [3.05, 3.63) is 65.5 Å². The van der Waals surface area contributed by atoms with Gasteiger partial charge in [0.05, 0.1) is 12.9 Å². The molecule has 1 fully saturated rings. The van der Waals surface area contributed by atoms with Crippen molar-refractivity contribution in [1.29, 1.82) is 0 Å². The van der Waals surface area contributed by atoms with Gasteiger partial charge in [0.2, 0.25) is 11.8 Å². The number of hydrogen-bond acceptors (Lipinski definition) is 4. The Morgan fingerprint density at radius 3 is 2.55 bits per heavy atom. The SMILES string of the molecule is COc1cccc(CN(C(=O)CSCc2ccc(F)cc2)[C@H](C)C(=O)NC2CCCCC2)c1. The lowest BCUT2D eigenvalue weighted by molar-refractivity contribution is -0.139. The van der Waals surface area contributed by atoms with E-state index in [2.05, 4.69) is 5.32 Å². The summed E-state index contributed by atoms with van der Waals surface area (Å²) in [5.74, 6) is 1.06. The highest BCUT2D eigenvalue weighted by Gasteiger charge is 2.28. The van der Waals surface area contributed by atoms with Gasteiger partial charge in [-0.3, -0.25) is 9.59 Å². The molecule has 0 spiro atoms. The predicted molar refractivity (Wildman–Crippen MR) is 131 cm³/mol. The molecule has 2 amide bonds. The Bertz CT molecular complexity index is 916. The van der Waals surface area contributed by atoms with Crippen molar-refractivity contribution in [3.8, 4) is 5.75 Å². The Morgan fingerprint density at radius 2 is 1.85 bits per heavy atom. The van der Waals surface area contributed by atoms with Gasteiger partial charge in [-0.2, -0.15) is 0 Å². The molecular formula is C26H33FN2O3S. The number of ether oxygens (including phenoxy) is 1. The van der Waals surface area contributed by atoms with E-state index in [1.165, 1.54) is 30.3 Å². The first-order valence-corrected chi connectivity index (χ1v) is 12.7. The average Bonchev–Trinajstić information content (AvgIpc) is 2.84. The lowest BCUT2D eigenvalue weighted by Gasteiger charge is -2.31. The summed E-state index contributed by atoms with van der Waals surface area (Å²) < 4.78 is 18.4. The fourth-order valence-electron chi connectivity index (χ4n) is 4.04. The molecule has 0 aliphatic heterocycles. The molecule has 1 N–H and O–H groups in total. The summed E-state index contributed by atoms with van der Waals surface area (Å²) in [7, 11) is 1.61. The van der Waals surface area contributed by atoms with Crippen molar-refractivity contribution in [1.82, 2.24) is 10.2 Å². The van der Waals surface area contributed by atoms with Crippen molar-refractivity contribution >= 4 is 23.6 Å². The van der Waals surface area contributed by atoms with Gasteiger partial charge < -0.3 is 15.0 Å². The largest absolute Gasteiger partial charge is 0.497 e. The van der Waals surface area contributed by atoms with Crippen LogP contribution < -0.4 is 10.1 Å². The van der Waals surface area contributed by atoms with E-state index in [1.807, 2.05) is 24.3 Å². The molecule has 2 aromatic carbocycles. The zero-order valence-corrected chi connectivity index (χ0v) is 20.2. The molecule has 33 heavy (non-hydrogen) atoms. The molecule has 0 radical (unpaired) electrons. The molecule has 178 valence electrons. The Kier molecular flexibility index (Phi) is 9.61. The normalized spacial score (nSPS) is 15.0. The molecule has 0 heterocycles. The lowest BCUT2D eigenvalue weighted by Crippen LogP contribution is -2.50. The zero-order valence-electron chi connectivity index (χ0n) is 19.4. The van der Waals surface area contributed by atoms with Crippen LogP contribution in [0.2, 0.25) is 0 Å². The van der Waals surface area contributed by atoms with Crippen molar-refractivity contribution < 1.29 is 18.7 Å². The highest BCUT2D eigenvalue weighted by atomic mass is 32.2. The summed E-state index contributed by atoms with van der Waals surface area (Å²) in [6.07, 6.45) is 5.47. The molecular weight excluding hydrogens is 439 g/mol. The van der Waals surface area contributed by atoms with Crippen molar-refractivity contribution in [2.45, 2.75) is 63.4 Å². The fraction of sp³-hybridized carbons (Fsp3) is 0.462. The molecule has 0 unspecified atom stereocenters. The second kappa shape index (κ2) is 12.6. The molecule has 1 aliphatic rings. The van der Waals surface area contributed by atoms with E-state index in [9.17, 15) is 14.0 Å². The van der Waals surface area contributed by atoms with Gasteiger partial charge in [0.1, 0.15) is 17.6 Å². The van der Waals surface area contributed by atoms with Crippen molar-refractivity contribution in [2.75, 3.05) is 12.9 Å².